The van der Waals surface area contributed by atoms with E-state index in [1.54, 1.807) is 0 Å². The van der Waals surface area contributed by atoms with E-state index >= 15 is 0 Å². The molecule has 0 fully saturated rings. The second-order valence-electron chi connectivity index (χ2n) is 2.42. The molecule has 0 spiro atoms. The third-order valence-corrected chi connectivity index (χ3v) is 3.17. The molecule has 5 heteroatoms. The topological polar surface area (TPSA) is 29.5 Å². The average molecular weight is 210 g/mol. The summed E-state index contributed by atoms with van der Waals surface area (Å²) >= 11 is 2.95. The van der Waals surface area contributed by atoms with E-state index in [0.29, 0.717) is 0 Å². The minimum Gasteiger partial charge on any atom is -0.524 e. The van der Waals surface area contributed by atoms with Gasteiger partial charge in [0.25, 0.3) is 0 Å². The van der Waals surface area contributed by atoms with Gasteiger partial charge < -0.3 is 9.68 Å². The average Bonchev–Trinajstić information content (AvgIpc) is 2.74. The molecule has 0 aromatic carbocycles. The molecule has 0 radical (unpaired) electrons. The van der Waals surface area contributed by atoms with E-state index < -0.39 is 7.12 Å². The van der Waals surface area contributed by atoms with E-state index in [1.807, 2.05) is 35.0 Å². The molecular formula is C8H7BO2S2. The Bertz CT molecular complexity index is 344. The van der Waals surface area contributed by atoms with E-state index in [0.717, 1.165) is 9.84 Å². The molecule has 2 aromatic rings. The van der Waals surface area contributed by atoms with E-state index in [9.17, 15) is 5.02 Å². The summed E-state index contributed by atoms with van der Waals surface area (Å²) in [6.45, 7) is 0. The predicted octanol–water partition coefficient (Wildman–Crippen LogP) is 1.58. The van der Waals surface area contributed by atoms with Gasteiger partial charge in [-0.3, -0.25) is 0 Å². The Hall–Kier alpha value is -0.775. The Morgan fingerprint density at radius 3 is 2.54 bits per heavy atom. The van der Waals surface area contributed by atoms with Gasteiger partial charge in [0.1, 0.15) is 0 Å². The van der Waals surface area contributed by atoms with Gasteiger partial charge in [-0.15, -0.1) is 11.3 Å². The zero-order valence-corrected chi connectivity index (χ0v) is 8.35. The second-order valence-corrected chi connectivity index (χ2v) is 4.31. The van der Waals surface area contributed by atoms with Gasteiger partial charge in [0.05, 0.1) is 0 Å². The highest BCUT2D eigenvalue weighted by molar-refractivity contribution is 7.20. The summed E-state index contributed by atoms with van der Waals surface area (Å²) in [5.41, 5.74) is 0. The van der Waals surface area contributed by atoms with Crippen LogP contribution in [0.2, 0.25) is 0 Å². The van der Waals surface area contributed by atoms with E-state index in [1.165, 1.54) is 22.7 Å². The fourth-order valence-electron chi connectivity index (χ4n) is 0.930. The molecule has 0 atom stereocenters. The zero-order valence-electron chi connectivity index (χ0n) is 6.71. The molecule has 1 N–H and O–H groups in total. The lowest BCUT2D eigenvalue weighted by molar-refractivity contribution is 0.440. The van der Waals surface area contributed by atoms with Crippen LogP contribution in [0.15, 0.2) is 35.0 Å². The van der Waals surface area contributed by atoms with E-state index in [-0.39, 0.29) is 0 Å². The molecule has 2 nitrogen and oxygen atoms in total. The second kappa shape index (κ2) is 3.96. The van der Waals surface area contributed by atoms with Gasteiger partial charge in [-0.1, -0.05) is 12.1 Å². The molecule has 2 heterocycles. The van der Waals surface area contributed by atoms with Crippen molar-refractivity contribution in [1.29, 1.82) is 0 Å². The first kappa shape index (κ1) is 8.81. The SMILES string of the molecule is OB(Oc1cccs1)c1cccs1. The largest absolute Gasteiger partial charge is 0.571 e. The Labute approximate surface area is 84.6 Å². The summed E-state index contributed by atoms with van der Waals surface area (Å²) in [4.78, 5) is 0. The lowest BCUT2D eigenvalue weighted by Gasteiger charge is -2.04. The van der Waals surface area contributed by atoms with Gasteiger partial charge in [-0.05, 0) is 22.9 Å². The molecular weight excluding hydrogens is 203 g/mol. The van der Waals surface area contributed by atoms with Crippen molar-refractivity contribution in [3.05, 3.63) is 35.0 Å². The lowest BCUT2D eigenvalue weighted by Crippen LogP contribution is -2.33. The highest BCUT2D eigenvalue weighted by Crippen LogP contribution is 2.18. The van der Waals surface area contributed by atoms with Crippen molar-refractivity contribution < 1.29 is 9.68 Å². The van der Waals surface area contributed by atoms with Gasteiger partial charge in [0, 0.05) is 4.78 Å². The molecule has 2 rings (SSSR count). The summed E-state index contributed by atoms with van der Waals surface area (Å²) in [5.74, 6) is 0. The molecule has 13 heavy (non-hydrogen) atoms. The van der Waals surface area contributed by atoms with Gasteiger partial charge in [0.2, 0.25) is 0 Å². The summed E-state index contributed by atoms with van der Waals surface area (Å²) in [5, 5.41) is 14.1. The normalized spacial score (nSPS) is 9.92. The molecule has 0 aliphatic carbocycles. The van der Waals surface area contributed by atoms with Crippen LogP contribution >= 0.6 is 22.7 Å². The molecule has 2 aromatic heterocycles. The van der Waals surface area contributed by atoms with E-state index in [2.05, 4.69) is 0 Å². The zero-order chi connectivity index (χ0) is 9.10. The third-order valence-electron chi connectivity index (χ3n) is 1.51. The van der Waals surface area contributed by atoms with Crippen LogP contribution in [0.5, 0.6) is 5.06 Å². The highest BCUT2D eigenvalue weighted by Gasteiger charge is 2.19. The monoisotopic (exact) mass is 210 g/mol. The Balaban J connectivity index is 2.04. The van der Waals surface area contributed by atoms with Crippen LogP contribution in [0.25, 0.3) is 0 Å². The van der Waals surface area contributed by atoms with E-state index in [4.69, 9.17) is 4.65 Å². The van der Waals surface area contributed by atoms with Gasteiger partial charge in [-0.2, -0.15) is 11.3 Å². The van der Waals surface area contributed by atoms with Crippen LogP contribution in [0.3, 0.4) is 0 Å². The van der Waals surface area contributed by atoms with Crippen molar-refractivity contribution in [1.82, 2.24) is 0 Å². The van der Waals surface area contributed by atoms with Crippen LogP contribution in [0.4, 0.5) is 0 Å². The molecule has 0 saturated carbocycles. The first-order valence-electron chi connectivity index (χ1n) is 3.78. The Morgan fingerprint density at radius 2 is 1.92 bits per heavy atom. The molecule has 0 aliphatic rings. The minimum absolute atomic E-state index is 0.737. The number of thiophene rings is 2. The van der Waals surface area contributed by atoms with Gasteiger partial charge in [-0.25, -0.2) is 0 Å². The molecule has 66 valence electrons. The molecule has 0 bridgehead atoms. The van der Waals surface area contributed by atoms with Crippen molar-refractivity contribution in [3.63, 3.8) is 0 Å². The molecule has 0 saturated heterocycles. The standard InChI is InChI=1S/C8H7BO2S2/c10-9(7-3-1-5-12-7)11-8-4-2-6-13-8/h1-6,10H. The fourth-order valence-corrected chi connectivity index (χ4v) is 2.16. The van der Waals surface area contributed by atoms with Crippen molar-refractivity contribution in [2.45, 2.75) is 0 Å². The van der Waals surface area contributed by atoms with Crippen molar-refractivity contribution in [2.75, 3.05) is 0 Å². The summed E-state index contributed by atoms with van der Waals surface area (Å²) in [6, 6.07) is 7.46. The van der Waals surface area contributed by atoms with Crippen molar-refractivity contribution in [2.24, 2.45) is 0 Å². The maximum atomic E-state index is 9.58. The van der Waals surface area contributed by atoms with Crippen molar-refractivity contribution >= 4 is 34.6 Å². The number of hydrogen-bond acceptors (Lipinski definition) is 4. The Kier molecular flexibility index (Phi) is 2.68. The van der Waals surface area contributed by atoms with Gasteiger partial charge in [0.15, 0.2) is 5.06 Å². The third kappa shape index (κ3) is 2.12. The number of rotatable bonds is 3. The van der Waals surface area contributed by atoms with Crippen LogP contribution in [0, 0.1) is 0 Å². The molecule has 0 aliphatic heterocycles. The maximum absolute atomic E-state index is 9.58. The number of hydrogen-bond donors (Lipinski definition) is 1. The quantitative estimate of drug-likeness (QED) is 0.779. The van der Waals surface area contributed by atoms with Crippen LogP contribution in [-0.4, -0.2) is 12.1 Å². The predicted molar refractivity (Wildman–Crippen MR) is 56.9 cm³/mol. The smallest absolute Gasteiger partial charge is 0.524 e. The van der Waals surface area contributed by atoms with Gasteiger partial charge >= 0.3 is 7.12 Å². The van der Waals surface area contributed by atoms with Crippen LogP contribution in [-0.2, 0) is 0 Å². The summed E-state index contributed by atoms with van der Waals surface area (Å²) in [7, 11) is -0.835. The van der Waals surface area contributed by atoms with Crippen molar-refractivity contribution in [3.8, 4) is 5.06 Å². The summed E-state index contributed by atoms with van der Waals surface area (Å²) < 4.78 is 6.11. The first-order chi connectivity index (χ1) is 6.36. The minimum atomic E-state index is -0.835. The summed E-state index contributed by atoms with van der Waals surface area (Å²) in [6.07, 6.45) is 0. The van der Waals surface area contributed by atoms with Crippen LogP contribution < -0.4 is 9.43 Å². The van der Waals surface area contributed by atoms with Crippen LogP contribution in [0.1, 0.15) is 0 Å². The first-order valence-corrected chi connectivity index (χ1v) is 5.54. The lowest BCUT2D eigenvalue weighted by atomic mass is 9.89. The highest BCUT2D eigenvalue weighted by atomic mass is 32.1. The fraction of sp³-hybridized carbons (Fsp3) is 0. The molecule has 0 unspecified atom stereocenters. The maximum Gasteiger partial charge on any atom is 0.571 e. The Morgan fingerprint density at radius 1 is 1.15 bits per heavy atom. The molecule has 0 amide bonds.